The summed E-state index contributed by atoms with van der Waals surface area (Å²) in [6, 6.07) is 2.07. The van der Waals surface area contributed by atoms with Crippen LogP contribution in [-0.2, 0) is 4.79 Å². The first kappa shape index (κ1) is 11.3. The number of hydrogen-bond acceptors (Lipinski definition) is 3. The van der Waals surface area contributed by atoms with Crippen molar-refractivity contribution in [2.45, 2.75) is 37.2 Å². The SMILES string of the molecule is CCC(C#N)SC(CC)C(=O)O. The highest BCUT2D eigenvalue weighted by Crippen LogP contribution is 2.22. The van der Waals surface area contributed by atoms with Gasteiger partial charge in [0.05, 0.1) is 11.3 Å². The molecule has 0 amide bonds. The van der Waals surface area contributed by atoms with Crippen LogP contribution in [0, 0.1) is 11.3 Å². The van der Waals surface area contributed by atoms with Crippen LogP contribution >= 0.6 is 11.8 Å². The van der Waals surface area contributed by atoms with E-state index in [2.05, 4.69) is 6.07 Å². The summed E-state index contributed by atoms with van der Waals surface area (Å²) in [4.78, 5) is 10.6. The minimum absolute atomic E-state index is 0.189. The van der Waals surface area contributed by atoms with Gasteiger partial charge in [0.2, 0.25) is 0 Å². The summed E-state index contributed by atoms with van der Waals surface area (Å²) in [5.41, 5.74) is 0. The fraction of sp³-hybridized carbons (Fsp3) is 0.750. The summed E-state index contributed by atoms with van der Waals surface area (Å²) in [7, 11) is 0. The molecule has 0 saturated carbocycles. The molecule has 2 unspecified atom stereocenters. The maximum Gasteiger partial charge on any atom is 0.316 e. The van der Waals surface area contributed by atoms with Crippen LogP contribution in [0.25, 0.3) is 0 Å². The number of carbonyl (C=O) groups is 1. The standard InChI is InChI=1S/C8H13NO2S/c1-3-6(5-9)12-7(4-2)8(10)11/h6-7H,3-4H2,1-2H3,(H,10,11). The zero-order valence-corrected chi connectivity index (χ0v) is 8.10. The van der Waals surface area contributed by atoms with Gasteiger partial charge in [-0.05, 0) is 12.8 Å². The first-order valence-corrected chi connectivity index (χ1v) is 4.87. The number of rotatable bonds is 5. The quantitative estimate of drug-likeness (QED) is 0.714. The van der Waals surface area contributed by atoms with Crippen LogP contribution in [0.5, 0.6) is 0 Å². The van der Waals surface area contributed by atoms with Gasteiger partial charge in [-0.2, -0.15) is 5.26 Å². The van der Waals surface area contributed by atoms with Crippen LogP contribution in [-0.4, -0.2) is 21.6 Å². The van der Waals surface area contributed by atoms with Crippen molar-refractivity contribution in [3.05, 3.63) is 0 Å². The molecular weight excluding hydrogens is 174 g/mol. The molecule has 0 aromatic rings. The summed E-state index contributed by atoms with van der Waals surface area (Å²) in [5, 5.41) is 16.6. The van der Waals surface area contributed by atoms with Crippen molar-refractivity contribution in [2.24, 2.45) is 0 Å². The molecule has 4 heteroatoms. The molecule has 1 N–H and O–H groups in total. The van der Waals surface area contributed by atoms with Crippen LogP contribution < -0.4 is 0 Å². The molecule has 3 nitrogen and oxygen atoms in total. The van der Waals surface area contributed by atoms with E-state index in [0.717, 1.165) is 0 Å². The predicted octanol–water partition coefficient (Wildman–Crippen LogP) is 1.88. The van der Waals surface area contributed by atoms with E-state index in [-0.39, 0.29) is 5.25 Å². The fourth-order valence-corrected chi connectivity index (χ4v) is 1.70. The van der Waals surface area contributed by atoms with Crippen molar-refractivity contribution in [3.8, 4) is 6.07 Å². The van der Waals surface area contributed by atoms with Crippen LogP contribution in [0.3, 0.4) is 0 Å². The summed E-state index contributed by atoms with van der Waals surface area (Å²) >= 11 is 1.24. The molecule has 0 fully saturated rings. The average Bonchev–Trinajstić information content (AvgIpc) is 2.06. The second-order valence-electron chi connectivity index (χ2n) is 2.40. The average molecular weight is 187 g/mol. The van der Waals surface area contributed by atoms with E-state index in [9.17, 15) is 4.79 Å². The van der Waals surface area contributed by atoms with E-state index < -0.39 is 11.2 Å². The number of hydrogen-bond donors (Lipinski definition) is 1. The second kappa shape index (κ2) is 5.90. The molecule has 2 atom stereocenters. The maximum absolute atomic E-state index is 10.6. The second-order valence-corrected chi connectivity index (χ2v) is 3.81. The van der Waals surface area contributed by atoms with Gasteiger partial charge in [0, 0.05) is 0 Å². The Morgan fingerprint density at radius 1 is 1.58 bits per heavy atom. The molecule has 0 heterocycles. The van der Waals surface area contributed by atoms with Gasteiger partial charge >= 0.3 is 5.97 Å². The Hall–Kier alpha value is -0.690. The molecule has 0 saturated heterocycles. The monoisotopic (exact) mass is 187 g/mol. The summed E-state index contributed by atoms with van der Waals surface area (Å²) in [6.45, 7) is 3.70. The molecule has 0 rings (SSSR count). The molecule has 0 aromatic carbocycles. The van der Waals surface area contributed by atoms with Gasteiger partial charge in [-0.15, -0.1) is 11.8 Å². The van der Waals surface area contributed by atoms with Crippen LogP contribution in [0.1, 0.15) is 26.7 Å². The van der Waals surface area contributed by atoms with E-state index in [1.54, 1.807) is 0 Å². The summed E-state index contributed by atoms with van der Waals surface area (Å²) < 4.78 is 0. The molecule has 0 aromatic heterocycles. The van der Waals surface area contributed by atoms with Crippen molar-refractivity contribution >= 4 is 17.7 Å². The minimum atomic E-state index is -0.823. The topological polar surface area (TPSA) is 61.1 Å². The highest BCUT2D eigenvalue weighted by Gasteiger charge is 2.19. The van der Waals surface area contributed by atoms with Gasteiger partial charge in [-0.3, -0.25) is 4.79 Å². The number of carboxylic acid groups (broad SMARTS) is 1. The minimum Gasteiger partial charge on any atom is -0.480 e. The lowest BCUT2D eigenvalue weighted by Gasteiger charge is -2.11. The Balaban J connectivity index is 4.02. The first-order valence-electron chi connectivity index (χ1n) is 3.93. The third kappa shape index (κ3) is 3.63. The van der Waals surface area contributed by atoms with Gasteiger partial charge in [-0.1, -0.05) is 13.8 Å². The third-order valence-electron chi connectivity index (χ3n) is 1.49. The molecule has 0 aliphatic rings. The Kier molecular flexibility index (Phi) is 5.56. The highest BCUT2D eigenvalue weighted by molar-refractivity contribution is 8.01. The zero-order chi connectivity index (χ0) is 9.56. The molecule has 12 heavy (non-hydrogen) atoms. The maximum atomic E-state index is 10.6. The molecule has 0 aliphatic carbocycles. The highest BCUT2D eigenvalue weighted by atomic mass is 32.2. The number of thioether (sulfide) groups is 1. The van der Waals surface area contributed by atoms with Gasteiger partial charge < -0.3 is 5.11 Å². The molecule has 0 spiro atoms. The van der Waals surface area contributed by atoms with E-state index in [4.69, 9.17) is 10.4 Å². The first-order chi connectivity index (χ1) is 5.65. The van der Waals surface area contributed by atoms with Gasteiger partial charge in [0.25, 0.3) is 0 Å². The lowest BCUT2D eigenvalue weighted by atomic mass is 10.3. The van der Waals surface area contributed by atoms with E-state index in [1.165, 1.54) is 11.8 Å². The summed E-state index contributed by atoms with van der Waals surface area (Å²) in [6.07, 6.45) is 1.27. The molecular formula is C8H13NO2S. The number of aliphatic carboxylic acids is 1. The van der Waals surface area contributed by atoms with E-state index in [0.29, 0.717) is 12.8 Å². The Morgan fingerprint density at radius 3 is 2.42 bits per heavy atom. The lowest BCUT2D eigenvalue weighted by Crippen LogP contribution is -2.18. The molecule has 0 radical (unpaired) electrons. The van der Waals surface area contributed by atoms with Crippen LogP contribution in [0.2, 0.25) is 0 Å². The Morgan fingerprint density at radius 2 is 2.17 bits per heavy atom. The largest absolute Gasteiger partial charge is 0.480 e. The van der Waals surface area contributed by atoms with E-state index >= 15 is 0 Å². The van der Waals surface area contributed by atoms with E-state index in [1.807, 2.05) is 13.8 Å². The fourth-order valence-electron chi connectivity index (χ4n) is 0.745. The third-order valence-corrected chi connectivity index (χ3v) is 3.12. The van der Waals surface area contributed by atoms with Crippen molar-refractivity contribution in [1.82, 2.24) is 0 Å². The number of nitriles is 1. The van der Waals surface area contributed by atoms with Crippen molar-refractivity contribution in [1.29, 1.82) is 5.26 Å². The van der Waals surface area contributed by atoms with Crippen LogP contribution in [0.15, 0.2) is 0 Å². The van der Waals surface area contributed by atoms with Crippen molar-refractivity contribution in [3.63, 3.8) is 0 Å². The zero-order valence-electron chi connectivity index (χ0n) is 7.28. The van der Waals surface area contributed by atoms with Gasteiger partial charge in [-0.25, -0.2) is 0 Å². The smallest absolute Gasteiger partial charge is 0.316 e. The number of nitrogens with zero attached hydrogens (tertiary/aromatic N) is 1. The van der Waals surface area contributed by atoms with Crippen molar-refractivity contribution < 1.29 is 9.90 Å². The molecule has 68 valence electrons. The molecule has 0 bridgehead atoms. The molecule has 0 aliphatic heterocycles. The normalized spacial score (nSPS) is 14.8. The summed E-state index contributed by atoms with van der Waals surface area (Å²) in [5.74, 6) is -0.823. The van der Waals surface area contributed by atoms with Gasteiger partial charge in [0.15, 0.2) is 0 Å². The van der Waals surface area contributed by atoms with Crippen LogP contribution in [0.4, 0.5) is 0 Å². The Labute approximate surface area is 76.8 Å². The van der Waals surface area contributed by atoms with Gasteiger partial charge in [0.1, 0.15) is 5.25 Å². The number of carboxylic acids is 1. The Bertz CT molecular complexity index is 188. The van der Waals surface area contributed by atoms with Crippen molar-refractivity contribution in [2.75, 3.05) is 0 Å². The lowest BCUT2D eigenvalue weighted by molar-refractivity contribution is -0.136. The predicted molar refractivity (Wildman–Crippen MR) is 49.0 cm³/mol.